The molecule has 0 unspecified atom stereocenters. The maximum Gasteiger partial charge on any atom is 0.244 e. The minimum atomic E-state index is -0.0541. The van der Waals surface area contributed by atoms with Gasteiger partial charge in [0.1, 0.15) is 12.9 Å². The van der Waals surface area contributed by atoms with Crippen molar-refractivity contribution < 1.29 is 4.79 Å². The molecule has 1 aromatic heterocycles. The summed E-state index contributed by atoms with van der Waals surface area (Å²) < 4.78 is 1.40. The van der Waals surface area contributed by atoms with Crippen molar-refractivity contribution in [3.63, 3.8) is 0 Å². The standard InChI is InChI=1S/C12H16N6O.ClH/c13-6-7-17(8-11-4-2-1-3-5-11)12(19)9-18-10-14-15-16-18;/h1-5,10H,6-9,13H2;1H. The van der Waals surface area contributed by atoms with Crippen LogP contribution in [0.3, 0.4) is 0 Å². The molecule has 2 aromatic rings. The molecule has 0 atom stereocenters. The van der Waals surface area contributed by atoms with E-state index in [-0.39, 0.29) is 24.9 Å². The molecule has 0 spiro atoms. The summed E-state index contributed by atoms with van der Waals surface area (Å²) in [4.78, 5) is 13.9. The van der Waals surface area contributed by atoms with Crippen molar-refractivity contribution >= 4 is 18.3 Å². The lowest BCUT2D eigenvalue weighted by atomic mass is 10.2. The van der Waals surface area contributed by atoms with Gasteiger partial charge in [0.25, 0.3) is 0 Å². The Morgan fingerprint density at radius 3 is 2.65 bits per heavy atom. The first-order valence-electron chi connectivity index (χ1n) is 6.02. The maximum atomic E-state index is 12.2. The zero-order valence-corrected chi connectivity index (χ0v) is 11.7. The van der Waals surface area contributed by atoms with E-state index in [1.54, 1.807) is 4.90 Å². The summed E-state index contributed by atoms with van der Waals surface area (Å²) in [7, 11) is 0. The maximum absolute atomic E-state index is 12.2. The summed E-state index contributed by atoms with van der Waals surface area (Å²) in [5, 5.41) is 10.7. The van der Waals surface area contributed by atoms with E-state index in [0.29, 0.717) is 19.6 Å². The van der Waals surface area contributed by atoms with Crippen LogP contribution in [0.1, 0.15) is 5.56 Å². The molecule has 0 aliphatic carbocycles. The molecule has 1 heterocycles. The van der Waals surface area contributed by atoms with Crippen molar-refractivity contribution in [1.82, 2.24) is 25.1 Å². The average Bonchev–Trinajstić information content (AvgIpc) is 2.92. The van der Waals surface area contributed by atoms with E-state index in [4.69, 9.17) is 5.73 Å². The summed E-state index contributed by atoms with van der Waals surface area (Å²) in [5.74, 6) is -0.0541. The fourth-order valence-corrected chi connectivity index (χ4v) is 1.74. The van der Waals surface area contributed by atoms with Gasteiger partial charge in [0.05, 0.1) is 0 Å². The van der Waals surface area contributed by atoms with Gasteiger partial charge in [0.2, 0.25) is 5.91 Å². The molecule has 2 rings (SSSR count). The average molecular weight is 297 g/mol. The van der Waals surface area contributed by atoms with Crippen LogP contribution in [0.15, 0.2) is 36.7 Å². The molecule has 0 saturated carbocycles. The van der Waals surface area contributed by atoms with Gasteiger partial charge in [-0.2, -0.15) is 0 Å². The Morgan fingerprint density at radius 1 is 1.30 bits per heavy atom. The van der Waals surface area contributed by atoms with Crippen LogP contribution in [0.4, 0.5) is 0 Å². The number of rotatable bonds is 6. The van der Waals surface area contributed by atoms with Gasteiger partial charge >= 0.3 is 0 Å². The number of aromatic nitrogens is 4. The van der Waals surface area contributed by atoms with Gasteiger partial charge < -0.3 is 10.6 Å². The highest BCUT2D eigenvalue weighted by atomic mass is 35.5. The number of carbonyl (C=O) groups is 1. The fraction of sp³-hybridized carbons (Fsp3) is 0.333. The lowest BCUT2D eigenvalue weighted by molar-refractivity contribution is -0.132. The van der Waals surface area contributed by atoms with E-state index in [0.717, 1.165) is 5.56 Å². The Bertz CT molecular complexity index is 504. The van der Waals surface area contributed by atoms with Crippen molar-refractivity contribution in [3.8, 4) is 0 Å². The highest BCUT2D eigenvalue weighted by Crippen LogP contribution is 2.05. The number of hydrogen-bond acceptors (Lipinski definition) is 5. The van der Waals surface area contributed by atoms with Gasteiger partial charge in [-0.25, -0.2) is 4.68 Å². The predicted octanol–water partition coefficient (Wildman–Crippen LogP) is 0.0824. The van der Waals surface area contributed by atoms with Crippen LogP contribution < -0.4 is 5.73 Å². The molecule has 1 aromatic carbocycles. The first kappa shape index (κ1) is 16.1. The minimum absolute atomic E-state index is 0. The molecule has 0 fully saturated rings. The molecule has 0 aliphatic rings. The fourth-order valence-electron chi connectivity index (χ4n) is 1.74. The van der Waals surface area contributed by atoms with Gasteiger partial charge in [0.15, 0.2) is 0 Å². The Morgan fingerprint density at radius 2 is 2.05 bits per heavy atom. The lowest BCUT2D eigenvalue weighted by Gasteiger charge is -2.21. The van der Waals surface area contributed by atoms with E-state index in [9.17, 15) is 4.79 Å². The zero-order chi connectivity index (χ0) is 13.5. The number of nitrogens with zero attached hydrogens (tertiary/aromatic N) is 5. The monoisotopic (exact) mass is 296 g/mol. The zero-order valence-electron chi connectivity index (χ0n) is 10.9. The molecule has 2 N–H and O–H groups in total. The SMILES string of the molecule is Cl.NCCN(Cc1ccccc1)C(=O)Cn1cnnn1. The van der Waals surface area contributed by atoms with Crippen molar-refractivity contribution in [2.24, 2.45) is 5.73 Å². The lowest BCUT2D eigenvalue weighted by Crippen LogP contribution is -2.37. The number of tetrazole rings is 1. The van der Waals surface area contributed by atoms with Gasteiger partial charge in [-0.1, -0.05) is 30.3 Å². The van der Waals surface area contributed by atoms with Crippen molar-refractivity contribution in [1.29, 1.82) is 0 Å². The van der Waals surface area contributed by atoms with Crippen molar-refractivity contribution in [2.45, 2.75) is 13.1 Å². The summed E-state index contributed by atoms with van der Waals surface area (Å²) >= 11 is 0. The first-order chi connectivity index (χ1) is 9.29. The Balaban J connectivity index is 0.00000200. The van der Waals surface area contributed by atoms with Crippen LogP contribution in [0.5, 0.6) is 0 Å². The molecular formula is C12H17ClN6O. The highest BCUT2D eigenvalue weighted by molar-refractivity contribution is 5.85. The molecule has 8 heteroatoms. The number of nitrogens with two attached hydrogens (primary N) is 1. The van der Waals surface area contributed by atoms with Crippen LogP contribution in [0, 0.1) is 0 Å². The largest absolute Gasteiger partial charge is 0.335 e. The van der Waals surface area contributed by atoms with E-state index in [2.05, 4.69) is 15.5 Å². The van der Waals surface area contributed by atoms with Crippen LogP contribution in [-0.2, 0) is 17.9 Å². The number of carbonyl (C=O) groups excluding carboxylic acids is 1. The summed E-state index contributed by atoms with van der Waals surface area (Å²) in [5.41, 5.74) is 6.62. The Labute approximate surface area is 123 Å². The van der Waals surface area contributed by atoms with Gasteiger partial charge in [-0.05, 0) is 16.0 Å². The molecule has 108 valence electrons. The third kappa shape index (κ3) is 4.60. The quantitative estimate of drug-likeness (QED) is 0.815. The van der Waals surface area contributed by atoms with Crippen LogP contribution >= 0.6 is 12.4 Å². The third-order valence-electron chi connectivity index (χ3n) is 2.66. The second-order valence-electron chi connectivity index (χ2n) is 4.10. The van der Waals surface area contributed by atoms with Crippen molar-refractivity contribution in [2.75, 3.05) is 13.1 Å². The summed E-state index contributed by atoms with van der Waals surface area (Å²) in [6.07, 6.45) is 1.42. The van der Waals surface area contributed by atoms with E-state index in [1.807, 2.05) is 30.3 Å². The van der Waals surface area contributed by atoms with Gasteiger partial charge in [-0.3, -0.25) is 4.79 Å². The molecule has 0 saturated heterocycles. The smallest absolute Gasteiger partial charge is 0.244 e. The normalized spacial score (nSPS) is 9.85. The summed E-state index contributed by atoms with van der Waals surface area (Å²) in [6, 6.07) is 9.80. The number of benzene rings is 1. The molecule has 20 heavy (non-hydrogen) atoms. The third-order valence-corrected chi connectivity index (χ3v) is 2.66. The second-order valence-corrected chi connectivity index (χ2v) is 4.10. The topological polar surface area (TPSA) is 89.9 Å². The molecule has 1 amide bonds. The summed E-state index contributed by atoms with van der Waals surface area (Å²) in [6.45, 7) is 1.60. The van der Waals surface area contributed by atoms with Crippen LogP contribution in [0.2, 0.25) is 0 Å². The minimum Gasteiger partial charge on any atom is -0.335 e. The predicted molar refractivity (Wildman–Crippen MR) is 76.0 cm³/mol. The van der Waals surface area contributed by atoms with E-state index < -0.39 is 0 Å². The number of hydrogen-bond donors (Lipinski definition) is 1. The molecular weight excluding hydrogens is 280 g/mol. The Kier molecular flexibility index (Phi) is 6.61. The first-order valence-corrected chi connectivity index (χ1v) is 6.02. The number of amides is 1. The second kappa shape index (κ2) is 8.23. The molecule has 0 aliphatic heterocycles. The van der Waals surface area contributed by atoms with Gasteiger partial charge in [-0.15, -0.1) is 17.5 Å². The molecule has 0 bridgehead atoms. The van der Waals surface area contributed by atoms with E-state index in [1.165, 1.54) is 11.0 Å². The molecule has 7 nitrogen and oxygen atoms in total. The highest BCUT2D eigenvalue weighted by Gasteiger charge is 2.14. The van der Waals surface area contributed by atoms with E-state index >= 15 is 0 Å². The molecule has 0 radical (unpaired) electrons. The Hall–Kier alpha value is -1.99. The van der Waals surface area contributed by atoms with Gasteiger partial charge in [0, 0.05) is 19.6 Å². The van der Waals surface area contributed by atoms with Crippen LogP contribution in [0.25, 0.3) is 0 Å². The number of halogens is 1. The van der Waals surface area contributed by atoms with Crippen LogP contribution in [-0.4, -0.2) is 44.1 Å². The van der Waals surface area contributed by atoms with Crippen molar-refractivity contribution in [3.05, 3.63) is 42.2 Å².